The lowest BCUT2D eigenvalue weighted by Gasteiger charge is -2.29. The van der Waals surface area contributed by atoms with Crippen molar-refractivity contribution < 1.29 is 8.42 Å². The molecule has 3 rings (SSSR count). The van der Waals surface area contributed by atoms with Crippen LogP contribution in [0.5, 0.6) is 0 Å². The second kappa shape index (κ2) is 9.63. The minimum atomic E-state index is -3.07. The second-order valence-electron chi connectivity index (χ2n) is 7.78. The summed E-state index contributed by atoms with van der Waals surface area (Å²) in [7, 11) is -3.07. The van der Waals surface area contributed by atoms with E-state index in [-0.39, 0.29) is 0 Å². The van der Waals surface area contributed by atoms with E-state index in [0.29, 0.717) is 19.0 Å². The van der Waals surface area contributed by atoms with Gasteiger partial charge in [-0.2, -0.15) is 0 Å². The van der Waals surface area contributed by atoms with E-state index in [0.717, 1.165) is 44.9 Å². The number of hydrogen-bond acceptors (Lipinski definition) is 3. The Morgan fingerprint density at radius 1 is 1.24 bits per heavy atom. The number of rotatable bonds is 7. The van der Waals surface area contributed by atoms with E-state index in [1.54, 1.807) is 4.31 Å². The highest BCUT2D eigenvalue weighted by atomic mass is 32.2. The Labute approximate surface area is 174 Å². The number of H-pyrrole nitrogens is 1. The third-order valence-electron chi connectivity index (χ3n) is 5.59. The maximum Gasteiger partial charge on any atom is 0.211 e. The average molecular weight is 420 g/mol. The van der Waals surface area contributed by atoms with E-state index in [9.17, 15) is 8.42 Å². The average Bonchev–Trinajstić information content (AvgIpc) is 3.01. The molecule has 0 saturated carbocycles. The van der Waals surface area contributed by atoms with Gasteiger partial charge in [0.15, 0.2) is 5.96 Å². The number of sulfonamides is 1. The Balaban J connectivity index is 1.53. The maximum absolute atomic E-state index is 11.6. The van der Waals surface area contributed by atoms with Crippen molar-refractivity contribution in [3.8, 4) is 0 Å². The van der Waals surface area contributed by atoms with E-state index in [1.165, 1.54) is 28.4 Å². The summed E-state index contributed by atoms with van der Waals surface area (Å²) >= 11 is 0. The summed E-state index contributed by atoms with van der Waals surface area (Å²) in [6, 6.07) is 8.40. The highest BCUT2D eigenvalue weighted by Crippen LogP contribution is 2.22. The van der Waals surface area contributed by atoms with Crippen LogP contribution in [0.25, 0.3) is 10.9 Å². The Morgan fingerprint density at radius 2 is 1.97 bits per heavy atom. The van der Waals surface area contributed by atoms with Crippen molar-refractivity contribution in [1.29, 1.82) is 0 Å². The summed E-state index contributed by atoms with van der Waals surface area (Å²) < 4.78 is 24.9. The fourth-order valence-electron chi connectivity index (χ4n) is 3.95. The molecule has 1 aliphatic heterocycles. The Hall–Kier alpha value is -2.06. The zero-order valence-corrected chi connectivity index (χ0v) is 18.5. The first-order chi connectivity index (χ1) is 13.9. The van der Waals surface area contributed by atoms with Gasteiger partial charge in [-0.25, -0.2) is 12.7 Å². The normalized spacial score (nSPS) is 17.0. The number of hydrogen-bond donors (Lipinski definition) is 3. The van der Waals surface area contributed by atoms with Crippen LogP contribution in [0, 0.1) is 12.8 Å². The SMILES string of the molecule is CCNC(=NCC1CCN(S(C)(=O)=O)CC1)NCCc1c(C)[nH]c2ccccc12. The van der Waals surface area contributed by atoms with Crippen molar-refractivity contribution in [3.05, 3.63) is 35.5 Å². The van der Waals surface area contributed by atoms with Gasteiger partial charge in [-0.3, -0.25) is 4.99 Å². The molecule has 0 aliphatic carbocycles. The Kier molecular flexibility index (Phi) is 7.18. The van der Waals surface area contributed by atoms with Gasteiger partial charge in [-0.05, 0) is 50.7 Å². The van der Waals surface area contributed by atoms with Gasteiger partial charge in [0.25, 0.3) is 0 Å². The summed E-state index contributed by atoms with van der Waals surface area (Å²) in [4.78, 5) is 8.20. The van der Waals surface area contributed by atoms with E-state index in [4.69, 9.17) is 4.99 Å². The minimum Gasteiger partial charge on any atom is -0.358 e. The summed E-state index contributed by atoms with van der Waals surface area (Å²) in [6.07, 6.45) is 3.94. The number of fused-ring (bicyclic) bond motifs is 1. The molecule has 7 nitrogen and oxygen atoms in total. The molecule has 2 aromatic rings. The van der Waals surface area contributed by atoms with E-state index < -0.39 is 10.0 Å². The number of aromatic nitrogens is 1. The maximum atomic E-state index is 11.6. The summed E-state index contributed by atoms with van der Waals surface area (Å²) in [5.41, 5.74) is 3.74. The molecule has 0 amide bonds. The molecule has 3 N–H and O–H groups in total. The summed E-state index contributed by atoms with van der Waals surface area (Å²) in [5, 5.41) is 8.04. The molecule has 1 aromatic carbocycles. The fraction of sp³-hybridized carbons (Fsp3) is 0.571. The first-order valence-corrected chi connectivity index (χ1v) is 12.3. The smallest absolute Gasteiger partial charge is 0.211 e. The summed E-state index contributed by atoms with van der Waals surface area (Å²) in [5.74, 6) is 1.26. The molecular formula is C21H33N5O2S. The molecule has 29 heavy (non-hydrogen) atoms. The van der Waals surface area contributed by atoms with Crippen LogP contribution in [0.1, 0.15) is 31.0 Å². The van der Waals surface area contributed by atoms with Crippen LogP contribution in [0.3, 0.4) is 0 Å². The lowest BCUT2D eigenvalue weighted by molar-refractivity contribution is 0.280. The number of aryl methyl sites for hydroxylation is 1. The third kappa shape index (κ3) is 5.73. The largest absolute Gasteiger partial charge is 0.358 e. The van der Waals surface area contributed by atoms with Crippen LogP contribution >= 0.6 is 0 Å². The number of nitrogens with one attached hydrogen (secondary N) is 3. The van der Waals surface area contributed by atoms with E-state index >= 15 is 0 Å². The first-order valence-electron chi connectivity index (χ1n) is 10.4. The molecule has 1 fully saturated rings. The standard InChI is InChI=1S/C21H33N5O2S/c1-4-22-21(24-15-17-10-13-26(14-11-17)29(3,27)28)23-12-9-18-16(2)25-20-8-6-5-7-19(18)20/h5-8,17,25H,4,9-15H2,1-3H3,(H2,22,23,24). The van der Waals surface area contributed by atoms with Crippen molar-refractivity contribution in [2.45, 2.75) is 33.1 Å². The Morgan fingerprint density at radius 3 is 2.66 bits per heavy atom. The van der Waals surface area contributed by atoms with Gasteiger partial charge in [0.1, 0.15) is 0 Å². The van der Waals surface area contributed by atoms with Gasteiger partial charge in [0.2, 0.25) is 10.0 Å². The van der Waals surface area contributed by atoms with Crippen molar-refractivity contribution in [1.82, 2.24) is 19.9 Å². The van der Waals surface area contributed by atoms with Gasteiger partial charge in [0, 0.05) is 49.3 Å². The molecular weight excluding hydrogens is 386 g/mol. The van der Waals surface area contributed by atoms with Gasteiger partial charge in [0.05, 0.1) is 6.26 Å². The van der Waals surface area contributed by atoms with Crippen LogP contribution in [0.2, 0.25) is 0 Å². The highest BCUT2D eigenvalue weighted by Gasteiger charge is 2.24. The van der Waals surface area contributed by atoms with Gasteiger partial charge in [-0.15, -0.1) is 0 Å². The molecule has 0 radical (unpaired) electrons. The molecule has 8 heteroatoms. The van der Waals surface area contributed by atoms with Crippen LogP contribution < -0.4 is 10.6 Å². The Bertz CT molecular complexity index is 943. The number of aromatic amines is 1. The first kappa shape index (κ1) is 21.6. The molecule has 0 unspecified atom stereocenters. The number of para-hydroxylation sites is 1. The molecule has 1 aromatic heterocycles. The van der Waals surface area contributed by atoms with Crippen molar-refractivity contribution >= 4 is 26.9 Å². The molecule has 0 atom stereocenters. The quantitative estimate of drug-likeness (QED) is 0.474. The molecule has 0 spiro atoms. The third-order valence-corrected chi connectivity index (χ3v) is 6.89. The lowest BCUT2D eigenvalue weighted by atomic mass is 9.98. The molecule has 1 saturated heterocycles. The van der Waals surface area contributed by atoms with Crippen LogP contribution in [-0.4, -0.2) is 62.6 Å². The van der Waals surface area contributed by atoms with Gasteiger partial charge in [-0.1, -0.05) is 18.2 Å². The number of nitrogens with zero attached hydrogens (tertiary/aromatic N) is 2. The fourth-order valence-corrected chi connectivity index (χ4v) is 4.82. The van der Waals surface area contributed by atoms with Crippen LogP contribution in [0.4, 0.5) is 0 Å². The zero-order valence-electron chi connectivity index (χ0n) is 17.7. The van der Waals surface area contributed by atoms with Crippen molar-refractivity contribution in [2.24, 2.45) is 10.9 Å². The van der Waals surface area contributed by atoms with Crippen LogP contribution in [-0.2, 0) is 16.4 Å². The number of piperidine rings is 1. The predicted molar refractivity (Wildman–Crippen MR) is 120 cm³/mol. The van der Waals surface area contributed by atoms with Crippen molar-refractivity contribution in [2.75, 3.05) is 39.0 Å². The number of aliphatic imine (C=N–C) groups is 1. The van der Waals surface area contributed by atoms with E-state index in [2.05, 4.69) is 53.7 Å². The van der Waals surface area contributed by atoms with E-state index in [1.807, 2.05) is 0 Å². The second-order valence-corrected chi connectivity index (χ2v) is 9.76. The topological polar surface area (TPSA) is 89.6 Å². The molecule has 0 bridgehead atoms. The predicted octanol–water partition coefficient (Wildman–Crippen LogP) is 2.25. The molecule has 1 aliphatic rings. The van der Waals surface area contributed by atoms with Crippen LogP contribution in [0.15, 0.2) is 29.3 Å². The van der Waals surface area contributed by atoms with Gasteiger partial charge >= 0.3 is 0 Å². The zero-order chi connectivity index (χ0) is 20.9. The van der Waals surface area contributed by atoms with Crippen molar-refractivity contribution in [3.63, 3.8) is 0 Å². The van der Waals surface area contributed by atoms with Gasteiger partial charge < -0.3 is 15.6 Å². The summed E-state index contributed by atoms with van der Waals surface area (Å²) in [6.45, 7) is 7.72. The number of benzene rings is 1. The minimum absolute atomic E-state index is 0.430. The molecule has 2 heterocycles. The monoisotopic (exact) mass is 419 g/mol. The number of guanidine groups is 1. The molecule has 160 valence electrons. The highest BCUT2D eigenvalue weighted by molar-refractivity contribution is 7.88. The lowest BCUT2D eigenvalue weighted by Crippen LogP contribution is -2.40.